The summed E-state index contributed by atoms with van der Waals surface area (Å²) in [4.78, 5) is 8.34. The van der Waals surface area contributed by atoms with Crippen molar-refractivity contribution in [2.45, 2.75) is 17.7 Å². The van der Waals surface area contributed by atoms with Crippen LogP contribution in [0.3, 0.4) is 0 Å². The van der Waals surface area contributed by atoms with Crippen molar-refractivity contribution in [3.63, 3.8) is 0 Å². The fourth-order valence-electron chi connectivity index (χ4n) is 1.16. The van der Waals surface area contributed by atoms with Crippen LogP contribution in [0.1, 0.15) is 19.0 Å². The summed E-state index contributed by atoms with van der Waals surface area (Å²) < 4.78 is 59.7. The summed E-state index contributed by atoms with van der Waals surface area (Å²) in [5.41, 5.74) is 0.661. The SMILES string of the molecule is CO/N=C(\C)c1csc(S(=O)(=O)CCC(F)=C(F)F)n1. The molecule has 112 valence electrons. The van der Waals surface area contributed by atoms with Gasteiger partial charge in [0.2, 0.25) is 14.2 Å². The highest BCUT2D eigenvalue weighted by molar-refractivity contribution is 7.93. The molecule has 1 rings (SSSR count). The lowest BCUT2D eigenvalue weighted by Crippen LogP contribution is -2.08. The van der Waals surface area contributed by atoms with Crippen LogP contribution in [0.5, 0.6) is 0 Å². The number of thiazole rings is 1. The van der Waals surface area contributed by atoms with Gasteiger partial charge >= 0.3 is 6.08 Å². The van der Waals surface area contributed by atoms with Crippen molar-refractivity contribution in [2.75, 3.05) is 12.9 Å². The van der Waals surface area contributed by atoms with E-state index in [0.29, 0.717) is 11.4 Å². The normalized spacial score (nSPS) is 12.3. The maximum absolute atomic E-state index is 12.6. The summed E-state index contributed by atoms with van der Waals surface area (Å²) in [7, 11) is -2.58. The highest BCUT2D eigenvalue weighted by Crippen LogP contribution is 2.21. The quantitative estimate of drug-likeness (QED) is 0.595. The highest BCUT2D eigenvalue weighted by Gasteiger charge is 2.21. The Morgan fingerprint density at radius 3 is 2.65 bits per heavy atom. The zero-order valence-electron chi connectivity index (χ0n) is 10.6. The average molecular weight is 328 g/mol. The molecule has 0 amide bonds. The molecule has 0 aliphatic heterocycles. The maximum Gasteiger partial charge on any atom is 0.301 e. The number of hydrogen-bond acceptors (Lipinski definition) is 6. The molecule has 1 aromatic rings. The predicted octanol–water partition coefficient (Wildman–Crippen LogP) is 2.75. The monoisotopic (exact) mass is 328 g/mol. The van der Waals surface area contributed by atoms with Crippen LogP contribution in [0, 0.1) is 0 Å². The average Bonchev–Trinajstić information content (AvgIpc) is 2.86. The molecule has 0 saturated carbocycles. The Hall–Kier alpha value is -1.42. The van der Waals surface area contributed by atoms with Crippen LogP contribution in [0.2, 0.25) is 0 Å². The summed E-state index contributed by atoms with van der Waals surface area (Å²) in [5, 5.41) is 5.02. The molecule has 0 radical (unpaired) electrons. The van der Waals surface area contributed by atoms with Gasteiger partial charge in [-0.3, -0.25) is 0 Å². The molecule has 0 N–H and O–H groups in total. The van der Waals surface area contributed by atoms with Crippen molar-refractivity contribution < 1.29 is 26.4 Å². The van der Waals surface area contributed by atoms with Crippen LogP contribution in [-0.2, 0) is 14.7 Å². The molecule has 0 bridgehead atoms. The lowest BCUT2D eigenvalue weighted by molar-refractivity contribution is 0.213. The number of aromatic nitrogens is 1. The summed E-state index contributed by atoms with van der Waals surface area (Å²) in [6.45, 7) is 1.57. The Kier molecular flexibility index (Phi) is 5.69. The molecule has 0 aromatic carbocycles. The second-order valence-electron chi connectivity index (χ2n) is 3.59. The van der Waals surface area contributed by atoms with Crippen molar-refractivity contribution in [3.05, 3.63) is 23.0 Å². The van der Waals surface area contributed by atoms with Crippen molar-refractivity contribution >= 4 is 26.9 Å². The van der Waals surface area contributed by atoms with E-state index in [0.717, 1.165) is 11.3 Å². The van der Waals surface area contributed by atoms with Crippen molar-refractivity contribution in [3.8, 4) is 0 Å². The van der Waals surface area contributed by atoms with E-state index in [2.05, 4.69) is 15.0 Å². The van der Waals surface area contributed by atoms with E-state index in [9.17, 15) is 21.6 Å². The fraction of sp³-hybridized carbons (Fsp3) is 0.400. The molecule has 10 heteroatoms. The summed E-state index contributed by atoms with van der Waals surface area (Å²) in [5.74, 6) is -2.51. The van der Waals surface area contributed by atoms with Crippen LogP contribution in [0.15, 0.2) is 26.8 Å². The molecule has 0 saturated heterocycles. The van der Waals surface area contributed by atoms with Gasteiger partial charge in [-0.15, -0.1) is 11.3 Å². The predicted molar refractivity (Wildman–Crippen MR) is 68.4 cm³/mol. The Labute approximate surface area is 117 Å². The minimum Gasteiger partial charge on any atom is -0.399 e. The molecule has 0 atom stereocenters. The topological polar surface area (TPSA) is 68.6 Å². The minimum absolute atomic E-state index is 0.273. The first-order valence-corrected chi connectivity index (χ1v) is 7.77. The fourth-order valence-corrected chi connectivity index (χ4v) is 3.58. The lowest BCUT2D eigenvalue weighted by atomic mass is 10.3. The van der Waals surface area contributed by atoms with E-state index in [1.807, 2.05) is 0 Å². The summed E-state index contributed by atoms with van der Waals surface area (Å²) in [6, 6.07) is 0. The second-order valence-corrected chi connectivity index (χ2v) is 6.73. The summed E-state index contributed by atoms with van der Waals surface area (Å²) in [6.07, 6.45) is -3.40. The molecule has 0 aliphatic rings. The van der Waals surface area contributed by atoms with Crippen LogP contribution in [0.25, 0.3) is 0 Å². The minimum atomic E-state index is -3.91. The van der Waals surface area contributed by atoms with Gasteiger partial charge < -0.3 is 4.84 Å². The van der Waals surface area contributed by atoms with Gasteiger partial charge in [-0.1, -0.05) is 5.16 Å². The smallest absolute Gasteiger partial charge is 0.301 e. The van der Waals surface area contributed by atoms with Crippen LogP contribution < -0.4 is 0 Å². The number of nitrogens with zero attached hydrogens (tertiary/aromatic N) is 2. The standard InChI is InChI=1S/C10H11F3N2O3S2/c1-6(15-18-2)8-5-19-10(14-8)20(16,17)4-3-7(11)9(12)13/h5H,3-4H2,1-2H3/b15-6+. The summed E-state index contributed by atoms with van der Waals surface area (Å²) >= 11 is 0.809. The number of rotatable bonds is 6. The largest absolute Gasteiger partial charge is 0.399 e. The van der Waals surface area contributed by atoms with E-state index in [1.165, 1.54) is 12.5 Å². The molecule has 1 heterocycles. The molecular formula is C10H11F3N2O3S2. The third-order valence-electron chi connectivity index (χ3n) is 2.14. The van der Waals surface area contributed by atoms with Crippen molar-refractivity contribution in [1.29, 1.82) is 0 Å². The van der Waals surface area contributed by atoms with Gasteiger partial charge in [0.05, 0.1) is 5.75 Å². The maximum atomic E-state index is 12.6. The Morgan fingerprint density at radius 2 is 2.10 bits per heavy atom. The first-order valence-electron chi connectivity index (χ1n) is 5.24. The third-order valence-corrected chi connectivity index (χ3v) is 5.19. The molecular weight excluding hydrogens is 317 g/mol. The molecule has 0 aliphatic carbocycles. The van der Waals surface area contributed by atoms with Crippen LogP contribution in [-0.4, -0.2) is 32.0 Å². The number of oxime groups is 1. The van der Waals surface area contributed by atoms with Crippen molar-refractivity contribution in [2.24, 2.45) is 5.16 Å². The van der Waals surface area contributed by atoms with Crippen LogP contribution >= 0.6 is 11.3 Å². The Morgan fingerprint density at radius 1 is 1.45 bits per heavy atom. The first-order chi connectivity index (χ1) is 9.27. The lowest BCUT2D eigenvalue weighted by Gasteiger charge is -1.99. The van der Waals surface area contributed by atoms with E-state index < -0.39 is 33.9 Å². The molecule has 0 fully saturated rings. The van der Waals surface area contributed by atoms with E-state index in [-0.39, 0.29) is 4.34 Å². The van der Waals surface area contributed by atoms with Gasteiger partial charge in [-0.2, -0.15) is 8.78 Å². The molecule has 5 nitrogen and oxygen atoms in total. The molecule has 1 aromatic heterocycles. The Bertz CT molecular complexity index is 634. The highest BCUT2D eigenvalue weighted by atomic mass is 32.2. The van der Waals surface area contributed by atoms with Gasteiger partial charge in [0, 0.05) is 11.8 Å². The van der Waals surface area contributed by atoms with Gasteiger partial charge in [-0.25, -0.2) is 17.8 Å². The zero-order chi connectivity index (χ0) is 15.3. The van der Waals surface area contributed by atoms with Crippen molar-refractivity contribution in [1.82, 2.24) is 4.98 Å². The van der Waals surface area contributed by atoms with Gasteiger partial charge in [0.25, 0.3) is 0 Å². The van der Waals surface area contributed by atoms with Gasteiger partial charge in [-0.05, 0) is 6.92 Å². The number of hydrogen-bond donors (Lipinski definition) is 0. The molecule has 0 unspecified atom stereocenters. The number of halogens is 3. The zero-order valence-corrected chi connectivity index (χ0v) is 12.2. The Balaban J connectivity index is 2.89. The molecule has 20 heavy (non-hydrogen) atoms. The van der Waals surface area contributed by atoms with Gasteiger partial charge in [0.15, 0.2) is 5.83 Å². The number of sulfone groups is 1. The molecule has 0 spiro atoms. The van der Waals surface area contributed by atoms with Gasteiger partial charge in [0.1, 0.15) is 18.5 Å². The first kappa shape index (κ1) is 16.6. The van der Waals surface area contributed by atoms with Crippen LogP contribution in [0.4, 0.5) is 13.2 Å². The second kappa shape index (κ2) is 6.84. The van der Waals surface area contributed by atoms with E-state index in [1.54, 1.807) is 6.92 Å². The van der Waals surface area contributed by atoms with E-state index >= 15 is 0 Å². The third kappa shape index (κ3) is 4.30. The number of allylic oxidation sites excluding steroid dienone is 1. The van der Waals surface area contributed by atoms with E-state index in [4.69, 9.17) is 0 Å².